The second kappa shape index (κ2) is 6.14. The molecule has 0 radical (unpaired) electrons. The Labute approximate surface area is 112 Å². The van der Waals surface area contributed by atoms with Crippen LogP contribution in [0.1, 0.15) is 26.7 Å². The molecule has 0 heterocycles. The quantitative estimate of drug-likeness (QED) is 0.657. The van der Waals surface area contributed by atoms with Crippen molar-refractivity contribution in [1.29, 1.82) is 0 Å². The van der Waals surface area contributed by atoms with E-state index in [1.54, 1.807) is 0 Å². The molecule has 0 atom stereocenters. The van der Waals surface area contributed by atoms with E-state index < -0.39 is 25.7 Å². The molecule has 0 saturated heterocycles. The van der Waals surface area contributed by atoms with Crippen LogP contribution < -0.4 is 0 Å². The fourth-order valence-electron chi connectivity index (χ4n) is 2.58. The first-order valence-corrected chi connectivity index (χ1v) is 16.0. The normalized spacial score (nSPS) is 14.5. The molecule has 0 aromatic heterocycles. The average molecular weight is 293 g/mol. The van der Waals surface area contributed by atoms with E-state index in [2.05, 4.69) is 59.7 Å². The van der Waals surface area contributed by atoms with E-state index in [-0.39, 0.29) is 5.22 Å². The highest BCUT2D eigenvalue weighted by Crippen LogP contribution is 2.30. The smallest absolute Gasteiger partial charge is 0.321 e. The van der Waals surface area contributed by atoms with Gasteiger partial charge in [0.2, 0.25) is 0 Å². The summed E-state index contributed by atoms with van der Waals surface area (Å²) in [6.07, 6.45) is 2.25. The van der Waals surface area contributed by atoms with Crippen molar-refractivity contribution in [2.45, 2.75) is 77.7 Å². The van der Waals surface area contributed by atoms with Crippen molar-refractivity contribution in [3.05, 3.63) is 0 Å². The van der Waals surface area contributed by atoms with Crippen LogP contribution in [0.4, 0.5) is 0 Å². The fraction of sp³-hybridized carbons (Fsp3) is 1.00. The SMILES string of the molecule is CCC(CC)(O[Si](C)(C)O[Si](C)(C)C)[SiH](C)C. The first kappa shape index (κ1) is 17.6. The highest BCUT2D eigenvalue weighted by molar-refractivity contribution is 6.81. The predicted molar refractivity (Wildman–Crippen MR) is 85.2 cm³/mol. The van der Waals surface area contributed by atoms with Crippen LogP contribution in [-0.2, 0) is 8.54 Å². The van der Waals surface area contributed by atoms with Gasteiger partial charge in [-0.05, 0) is 45.6 Å². The Hall–Kier alpha value is 0.571. The summed E-state index contributed by atoms with van der Waals surface area (Å²) < 4.78 is 12.9. The molecular formula is C12H32O2Si3. The number of hydrogen-bond donors (Lipinski definition) is 0. The molecule has 0 fully saturated rings. The van der Waals surface area contributed by atoms with Gasteiger partial charge in [-0.15, -0.1) is 0 Å². The lowest BCUT2D eigenvalue weighted by atomic mass is 10.2. The van der Waals surface area contributed by atoms with Gasteiger partial charge in [-0.3, -0.25) is 0 Å². The lowest BCUT2D eigenvalue weighted by Crippen LogP contribution is -2.55. The second-order valence-corrected chi connectivity index (χ2v) is 18.0. The standard InChI is InChI=1S/C12H32O2Si3/c1-10-12(11-2,15(3)4)13-17(8,9)14-16(5,6)7/h15H,10-11H2,1-9H3. The van der Waals surface area contributed by atoms with Crippen molar-refractivity contribution in [3.8, 4) is 0 Å². The van der Waals surface area contributed by atoms with Crippen LogP contribution in [-0.4, -0.2) is 30.9 Å². The summed E-state index contributed by atoms with van der Waals surface area (Å²) in [4.78, 5) is 0. The Morgan fingerprint density at radius 2 is 1.35 bits per heavy atom. The first-order chi connectivity index (χ1) is 7.48. The zero-order chi connectivity index (χ0) is 13.9. The maximum atomic E-state index is 6.57. The third-order valence-corrected chi connectivity index (χ3v) is 11.8. The molecular weight excluding hydrogens is 260 g/mol. The van der Waals surface area contributed by atoms with Gasteiger partial charge in [0, 0.05) is 5.22 Å². The van der Waals surface area contributed by atoms with E-state index >= 15 is 0 Å². The molecule has 0 aliphatic heterocycles. The topological polar surface area (TPSA) is 18.5 Å². The summed E-state index contributed by atoms with van der Waals surface area (Å²) in [5.41, 5.74) is 0. The third-order valence-electron chi connectivity index (χ3n) is 3.25. The van der Waals surface area contributed by atoms with Crippen molar-refractivity contribution in [2.75, 3.05) is 0 Å². The van der Waals surface area contributed by atoms with Gasteiger partial charge in [-0.1, -0.05) is 26.9 Å². The lowest BCUT2D eigenvalue weighted by Gasteiger charge is -2.43. The zero-order valence-corrected chi connectivity index (χ0v) is 16.5. The summed E-state index contributed by atoms with van der Waals surface area (Å²) in [6.45, 7) is 20.5. The first-order valence-electron chi connectivity index (χ1n) is 6.88. The molecule has 0 spiro atoms. The Morgan fingerprint density at radius 3 is 1.59 bits per heavy atom. The molecule has 0 aromatic rings. The lowest BCUT2D eigenvalue weighted by molar-refractivity contribution is 0.102. The highest BCUT2D eigenvalue weighted by Gasteiger charge is 2.41. The summed E-state index contributed by atoms with van der Waals surface area (Å²) in [5.74, 6) is 0. The van der Waals surface area contributed by atoms with Crippen LogP contribution in [0.25, 0.3) is 0 Å². The molecule has 0 amide bonds. The largest absolute Gasteiger partial charge is 0.436 e. The van der Waals surface area contributed by atoms with Crippen molar-refractivity contribution in [2.24, 2.45) is 0 Å². The van der Waals surface area contributed by atoms with Gasteiger partial charge in [0.25, 0.3) is 0 Å². The van der Waals surface area contributed by atoms with E-state index in [1.807, 2.05) is 0 Å². The maximum absolute atomic E-state index is 6.57. The van der Waals surface area contributed by atoms with E-state index in [0.29, 0.717) is 0 Å². The molecule has 104 valence electrons. The summed E-state index contributed by atoms with van der Waals surface area (Å²) in [5, 5.41) is 0.134. The van der Waals surface area contributed by atoms with Gasteiger partial charge < -0.3 is 8.54 Å². The monoisotopic (exact) mass is 292 g/mol. The Morgan fingerprint density at radius 1 is 0.941 bits per heavy atom. The van der Waals surface area contributed by atoms with Crippen molar-refractivity contribution < 1.29 is 8.54 Å². The van der Waals surface area contributed by atoms with Crippen molar-refractivity contribution in [1.82, 2.24) is 0 Å². The van der Waals surface area contributed by atoms with Gasteiger partial charge in [-0.25, -0.2) is 0 Å². The van der Waals surface area contributed by atoms with E-state index in [4.69, 9.17) is 8.54 Å². The Bertz CT molecular complexity index is 230. The van der Waals surface area contributed by atoms with Crippen LogP contribution >= 0.6 is 0 Å². The highest BCUT2D eigenvalue weighted by atomic mass is 28.4. The molecule has 0 rings (SSSR count). The van der Waals surface area contributed by atoms with Crippen LogP contribution in [0.3, 0.4) is 0 Å². The van der Waals surface area contributed by atoms with Gasteiger partial charge in [-0.2, -0.15) is 0 Å². The predicted octanol–water partition coefficient (Wildman–Crippen LogP) is 4.14. The minimum atomic E-state index is -1.98. The summed E-state index contributed by atoms with van der Waals surface area (Å²) in [7, 11) is -4.32. The average Bonchev–Trinajstić information content (AvgIpc) is 2.09. The minimum Gasteiger partial charge on any atom is -0.436 e. The molecule has 2 nitrogen and oxygen atoms in total. The van der Waals surface area contributed by atoms with Gasteiger partial charge in [0.05, 0.1) is 8.80 Å². The zero-order valence-electron chi connectivity index (χ0n) is 13.3. The second-order valence-electron chi connectivity index (χ2n) is 6.64. The molecule has 17 heavy (non-hydrogen) atoms. The van der Waals surface area contributed by atoms with Gasteiger partial charge in [0.1, 0.15) is 0 Å². The molecule has 0 aromatic carbocycles. The van der Waals surface area contributed by atoms with Gasteiger partial charge in [0.15, 0.2) is 8.32 Å². The van der Waals surface area contributed by atoms with Crippen LogP contribution in [0.2, 0.25) is 45.8 Å². The Balaban J connectivity index is 4.87. The van der Waals surface area contributed by atoms with Crippen LogP contribution in [0, 0.1) is 0 Å². The molecule has 0 unspecified atom stereocenters. The summed E-state index contributed by atoms with van der Waals surface area (Å²) in [6, 6.07) is 0. The van der Waals surface area contributed by atoms with E-state index in [9.17, 15) is 0 Å². The molecule has 0 aliphatic carbocycles. The number of hydrogen-bond acceptors (Lipinski definition) is 2. The fourth-order valence-corrected chi connectivity index (χ4v) is 13.3. The van der Waals surface area contributed by atoms with Crippen molar-refractivity contribution >= 4 is 25.7 Å². The van der Waals surface area contributed by atoms with E-state index in [1.165, 1.54) is 0 Å². The Kier molecular flexibility index (Phi) is 6.35. The molecule has 0 aliphatic rings. The van der Waals surface area contributed by atoms with E-state index in [0.717, 1.165) is 12.8 Å². The van der Waals surface area contributed by atoms with Gasteiger partial charge >= 0.3 is 8.56 Å². The number of rotatable bonds is 7. The van der Waals surface area contributed by atoms with Crippen LogP contribution in [0.15, 0.2) is 0 Å². The molecule has 0 bridgehead atoms. The van der Waals surface area contributed by atoms with Crippen molar-refractivity contribution in [3.63, 3.8) is 0 Å². The molecule has 0 saturated carbocycles. The molecule has 0 N–H and O–H groups in total. The maximum Gasteiger partial charge on any atom is 0.321 e. The minimum absolute atomic E-state index is 0.134. The summed E-state index contributed by atoms with van der Waals surface area (Å²) >= 11 is 0. The van der Waals surface area contributed by atoms with Crippen LogP contribution in [0.5, 0.6) is 0 Å². The molecule has 5 heteroatoms. The third kappa shape index (κ3) is 5.83.